The van der Waals surface area contributed by atoms with E-state index in [1.54, 1.807) is 6.07 Å². The number of hydrogen-bond acceptors (Lipinski definition) is 1. The molecule has 1 atom stereocenters. The molecule has 1 unspecified atom stereocenters. The Labute approximate surface area is 128 Å². The van der Waals surface area contributed by atoms with Crippen molar-refractivity contribution in [3.63, 3.8) is 0 Å². The highest BCUT2D eigenvalue weighted by atomic mass is 16.3. The second kappa shape index (κ2) is 7.87. The van der Waals surface area contributed by atoms with E-state index < -0.39 is 0 Å². The van der Waals surface area contributed by atoms with Crippen LogP contribution in [0.4, 0.5) is 0 Å². The van der Waals surface area contributed by atoms with Gasteiger partial charge in [0.25, 0.3) is 0 Å². The monoisotopic (exact) mass is 282 g/mol. The molecule has 0 aliphatic rings. The molecular weight excluding hydrogens is 256 g/mol. The standard InChI is InChI=1S/C20H26O/c1-3-4-5-10-17-11-6-8-13-19(17)16(2)15-18-12-7-9-14-20(18)21/h6-9,11-14,16,21H,3-5,10,15H2,1-2H3. The predicted octanol–water partition coefficient (Wildman–Crippen LogP) is 5.47. The first kappa shape index (κ1) is 15.6. The molecule has 0 amide bonds. The van der Waals surface area contributed by atoms with Crippen molar-refractivity contribution in [1.82, 2.24) is 0 Å². The first-order chi connectivity index (χ1) is 10.2. The second-order valence-electron chi connectivity index (χ2n) is 5.89. The lowest BCUT2D eigenvalue weighted by atomic mass is 9.88. The topological polar surface area (TPSA) is 20.2 Å². The predicted molar refractivity (Wildman–Crippen MR) is 89.9 cm³/mol. The Morgan fingerprint density at radius 3 is 2.29 bits per heavy atom. The van der Waals surface area contributed by atoms with Crippen molar-refractivity contribution in [2.24, 2.45) is 0 Å². The van der Waals surface area contributed by atoms with Gasteiger partial charge < -0.3 is 5.11 Å². The molecule has 1 heteroatoms. The van der Waals surface area contributed by atoms with Crippen LogP contribution in [0.5, 0.6) is 5.75 Å². The number of para-hydroxylation sites is 1. The van der Waals surface area contributed by atoms with Crippen LogP contribution in [0.3, 0.4) is 0 Å². The van der Waals surface area contributed by atoms with E-state index in [1.807, 2.05) is 18.2 Å². The summed E-state index contributed by atoms with van der Waals surface area (Å²) >= 11 is 0. The SMILES string of the molecule is CCCCCc1ccccc1C(C)Cc1ccccc1O. The van der Waals surface area contributed by atoms with Crippen LogP contribution in [0.15, 0.2) is 48.5 Å². The van der Waals surface area contributed by atoms with Gasteiger partial charge in [-0.25, -0.2) is 0 Å². The molecule has 0 aliphatic carbocycles. The Bertz CT molecular complexity index is 559. The van der Waals surface area contributed by atoms with Crippen LogP contribution in [0.25, 0.3) is 0 Å². The summed E-state index contributed by atoms with van der Waals surface area (Å²) < 4.78 is 0. The molecule has 2 aromatic carbocycles. The fourth-order valence-corrected chi connectivity index (χ4v) is 2.93. The summed E-state index contributed by atoms with van der Waals surface area (Å²) in [6.45, 7) is 4.50. The fourth-order valence-electron chi connectivity index (χ4n) is 2.93. The molecular formula is C20H26O. The normalized spacial score (nSPS) is 12.3. The fraction of sp³-hybridized carbons (Fsp3) is 0.400. The minimum atomic E-state index is 0.410. The Kier molecular flexibility index (Phi) is 5.86. The van der Waals surface area contributed by atoms with Gasteiger partial charge in [-0.3, -0.25) is 0 Å². The molecule has 0 heterocycles. The van der Waals surface area contributed by atoms with E-state index in [0.29, 0.717) is 11.7 Å². The molecule has 0 radical (unpaired) electrons. The lowest BCUT2D eigenvalue weighted by Gasteiger charge is -2.17. The number of aryl methyl sites for hydroxylation is 1. The second-order valence-corrected chi connectivity index (χ2v) is 5.89. The Hall–Kier alpha value is -1.76. The van der Waals surface area contributed by atoms with Crippen molar-refractivity contribution >= 4 is 0 Å². The lowest BCUT2D eigenvalue weighted by molar-refractivity contribution is 0.465. The molecule has 0 bridgehead atoms. The number of aromatic hydroxyl groups is 1. The van der Waals surface area contributed by atoms with Gasteiger partial charge in [0.2, 0.25) is 0 Å². The highest BCUT2D eigenvalue weighted by molar-refractivity contribution is 5.36. The zero-order chi connectivity index (χ0) is 15.1. The van der Waals surface area contributed by atoms with Gasteiger partial charge in [0.1, 0.15) is 5.75 Å². The van der Waals surface area contributed by atoms with Crippen molar-refractivity contribution in [2.45, 2.75) is 51.9 Å². The summed E-state index contributed by atoms with van der Waals surface area (Å²) in [7, 11) is 0. The largest absolute Gasteiger partial charge is 0.508 e. The van der Waals surface area contributed by atoms with E-state index in [9.17, 15) is 5.11 Å². The van der Waals surface area contributed by atoms with Crippen LogP contribution >= 0.6 is 0 Å². The third-order valence-electron chi connectivity index (χ3n) is 4.15. The molecule has 0 aliphatic heterocycles. The van der Waals surface area contributed by atoms with Crippen molar-refractivity contribution in [3.8, 4) is 5.75 Å². The van der Waals surface area contributed by atoms with Crippen molar-refractivity contribution < 1.29 is 5.11 Å². The van der Waals surface area contributed by atoms with Crippen molar-refractivity contribution in [3.05, 3.63) is 65.2 Å². The van der Waals surface area contributed by atoms with Gasteiger partial charge in [-0.1, -0.05) is 69.2 Å². The van der Waals surface area contributed by atoms with Crippen molar-refractivity contribution in [2.75, 3.05) is 0 Å². The van der Waals surface area contributed by atoms with E-state index in [1.165, 1.54) is 30.4 Å². The zero-order valence-electron chi connectivity index (χ0n) is 13.2. The summed E-state index contributed by atoms with van der Waals surface area (Å²) in [5.74, 6) is 0.837. The van der Waals surface area contributed by atoms with E-state index in [-0.39, 0.29) is 0 Å². The van der Waals surface area contributed by atoms with Gasteiger partial charge in [0, 0.05) is 0 Å². The number of hydrogen-bond donors (Lipinski definition) is 1. The van der Waals surface area contributed by atoms with Gasteiger partial charge in [-0.2, -0.15) is 0 Å². The Morgan fingerprint density at radius 2 is 1.57 bits per heavy atom. The number of phenols is 1. The Balaban J connectivity index is 2.11. The molecule has 0 spiro atoms. The summed E-state index contributed by atoms with van der Waals surface area (Å²) in [6, 6.07) is 16.4. The van der Waals surface area contributed by atoms with Gasteiger partial charge in [0.05, 0.1) is 0 Å². The molecule has 0 saturated heterocycles. The highest BCUT2D eigenvalue weighted by Crippen LogP contribution is 2.28. The van der Waals surface area contributed by atoms with Crippen LogP contribution in [0.2, 0.25) is 0 Å². The smallest absolute Gasteiger partial charge is 0.118 e. The third kappa shape index (κ3) is 4.35. The average Bonchev–Trinajstić information content (AvgIpc) is 2.50. The van der Waals surface area contributed by atoms with Gasteiger partial charge in [-0.05, 0) is 47.9 Å². The molecule has 0 saturated carbocycles. The van der Waals surface area contributed by atoms with Crippen LogP contribution < -0.4 is 0 Å². The number of benzene rings is 2. The minimum Gasteiger partial charge on any atom is -0.508 e. The highest BCUT2D eigenvalue weighted by Gasteiger charge is 2.12. The summed E-state index contributed by atoms with van der Waals surface area (Å²) in [5.41, 5.74) is 3.93. The molecule has 21 heavy (non-hydrogen) atoms. The minimum absolute atomic E-state index is 0.410. The molecule has 2 rings (SSSR count). The van der Waals surface area contributed by atoms with E-state index in [2.05, 4.69) is 38.1 Å². The molecule has 0 fully saturated rings. The molecule has 2 aromatic rings. The molecule has 1 nitrogen and oxygen atoms in total. The van der Waals surface area contributed by atoms with E-state index >= 15 is 0 Å². The maximum atomic E-state index is 9.95. The van der Waals surface area contributed by atoms with Gasteiger partial charge in [0.15, 0.2) is 0 Å². The number of phenolic OH excluding ortho intramolecular Hbond substituents is 1. The molecule has 1 N–H and O–H groups in total. The average molecular weight is 282 g/mol. The van der Waals surface area contributed by atoms with Crippen LogP contribution in [0, 0.1) is 0 Å². The third-order valence-corrected chi connectivity index (χ3v) is 4.15. The van der Waals surface area contributed by atoms with Crippen molar-refractivity contribution in [1.29, 1.82) is 0 Å². The van der Waals surface area contributed by atoms with E-state index in [0.717, 1.165) is 18.4 Å². The first-order valence-electron chi connectivity index (χ1n) is 8.07. The maximum absolute atomic E-state index is 9.95. The number of unbranched alkanes of at least 4 members (excludes halogenated alkanes) is 2. The number of rotatable bonds is 7. The maximum Gasteiger partial charge on any atom is 0.118 e. The lowest BCUT2D eigenvalue weighted by Crippen LogP contribution is -2.03. The van der Waals surface area contributed by atoms with Gasteiger partial charge in [-0.15, -0.1) is 0 Å². The quantitative estimate of drug-likeness (QED) is 0.667. The summed E-state index contributed by atoms with van der Waals surface area (Å²) in [6.07, 6.45) is 5.86. The molecule has 112 valence electrons. The van der Waals surface area contributed by atoms with Crippen LogP contribution in [0.1, 0.15) is 55.7 Å². The summed E-state index contributed by atoms with van der Waals surface area (Å²) in [5, 5.41) is 9.95. The van der Waals surface area contributed by atoms with Gasteiger partial charge >= 0.3 is 0 Å². The van der Waals surface area contributed by atoms with E-state index in [4.69, 9.17) is 0 Å². The summed E-state index contributed by atoms with van der Waals surface area (Å²) in [4.78, 5) is 0. The van der Waals surface area contributed by atoms with Crippen LogP contribution in [-0.4, -0.2) is 5.11 Å². The zero-order valence-corrected chi connectivity index (χ0v) is 13.2. The Morgan fingerprint density at radius 1 is 0.905 bits per heavy atom. The van der Waals surface area contributed by atoms with Crippen LogP contribution in [-0.2, 0) is 12.8 Å². The molecule has 0 aromatic heterocycles. The first-order valence-corrected chi connectivity index (χ1v) is 8.07.